The number of benzene rings is 1. The van der Waals surface area contributed by atoms with E-state index in [4.69, 9.17) is 0 Å². The lowest BCUT2D eigenvalue weighted by atomic mass is 9.99. The number of allylic oxidation sites excluding steroid dienone is 1. The predicted molar refractivity (Wildman–Crippen MR) is 80.4 cm³/mol. The summed E-state index contributed by atoms with van der Waals surface area (Å²) in [6, 6.07) is 9.00. The minimum Gasteiger partial charge on any atom is -0.119 e. The molecule has 2 aliphatic rings. The third kappa shape index (κ3) is 2.17. The lowest BCUT2D eigenvalue weighted by Crippen LogP contribution is -2.01. The third-order valence-electron chi connectivity index (χ3n) is 3.65. The Balaban J connectivity index is 2.06. The average molecular weight is 262 g/mol. The highest BCUT2D eigenvalue weighted by atomic mass is 32.2. The molecule has 0 nitrogen and oxygen atoms in total. The second-order valence-electron chi connectivity index (χ2n) is 4.72. The fraction of sp³-hybridized carbons (Fsp3) is 0.467. The molecule has 0 radical (unpaired) electrons. The minimum absolute atomic E-state index is 0.764. The summed E-state index contributed by atoms with van der Waals surface area (Å²) in [5.41, 5.74) is 4.77. The Labute approximate surface area is 112 Å². The molecule has 3 rings (SSSR count). The summed E-state index contributed by atoms with van der Waals surface area (Å²) >= 11 is 4.17. The van der Waals surface area contributed by atoms with E-state index >= 15 is 0 Å². The van der Waals surface area contributed by atoms with Crippen LogP contribution in [0.1, 0.15) is 30.9 Å². The lowest BCUT2D eigenvalue weighted by Gasteiger charge is -2.19. The van der Waals surface area contributed by atoms with E-state index in [2.05, 4.69) is 54.7 Å². The average Bonchev–Trinajstić information content (AvgIpc) is 2.78. The molecule has 1 saturated heterocycles. The van der Waals surface area contributed by atoms with Crippen molar-refractivity contribution in [2.45, 2.75) is 26.2 Å². The lowest BCUT2D eigenvalue weighted by molar-refractivity contribution is 0.668. The van der Waals surface area contributed by atoms with E-state index < -0.39 is 0 Å². The molecule has 1 atom stereocenters. The standard InChI is InChI=1S/C15H18S2/c1-2-11-10-12-6-3-4-7-13(12)14(11)15-16-8-5-9-17-15/h3-4,6-7,11H,2,5,8-10H2,1H3. The first-order valence-corrected chi connectivity index (χ1v) is 8.45. The Morgan fingerprint density at radius 3 is 2.71 bits per heavy atom. The highest BCUT2D eigenvalue weighted by Crippen LogP contribution is 2.48. The van der Waals surface area contributed by atoms with Crippen LogP contribution in [0, 0.1) is 5.92 Å². The minimum atomic E-state index is 0.764. The van der Waals surface area contributed by atoms with Crippen molar-refractivity contribution in [2.24, 2.45) is 5.92 Å². The number of thioether (sulfide) groups is 2. The highest BCUT2D eigenvalue weighted by molar-refractivity contribution is 8.23. The van der Waals surface area contributed by atoms with Gasteiger partial charge in [-0.2, -0.15) is 0 Å². The van der Waals surface area contributed by atoms with E-state index in [1.165, 1.54) is 36.3 Å². The molecule has 0 saturated carbocycles. The van der Waals surface area contributed by atoms with Crippen LogP contribution in [-0.2, 0) is 6.42 Å². The van der Waals surface area contributed by atoms with E-state index in [-0.39, 0.29) is 0 Å². The monoisotopic (exact) mass is 262 g/mol. The summed E-state index contributed by atoms with van der Waals surface area (Å²) in [5.74, 6) is 3.38. The van der Waals surface area contributed by atoms with Gasteiger partial charge in [0, 0.05) is 4.24 Å². The predicted octanol–water partition coefficient (Wildman–Crippen LogP) is 4.81. The van der Waals surface area contributed by atoms with Crippen LogP contribution >= 0.6 is 23.5 Å². The van der Waals surface area contributed by atoms with Crippen LogP contribution in [0.3, 0.4) is 0 Å². The van der Waals surface area contributed by atoms with Crippen molar-refractivity contribution < 1.29 is 0 Å². The maximum atomic E-state index is 2.33. The van der Waals surface area contributed by atoms with Crippen molar-refractivity contribution in [2.75, 3.05) is 11.5 Å². The number of hydrogen-bond donors (Lipinski definition) is 0. The summed E-state index contributed by atoms with van der Waals surface area (Å²) in [4.78, 5) is 0. The molecule has 0 amide bonds. The quantitative estimate of drug-likeness (QED) is 0.712. The highest BCUT2D eigenvalue weighted by Gasteiger charge is 2.28. The summed E-state index contributed by atoms with van der Waals surface area (Å²) < 4.78 is 1.62. The molecule has 0 bridgehead atoms. The van der Waals surface area contributed by atoms with Crippen LogP contribution < -0.4 is 0 Å². The van der Waals surface area contributed by atoms with Crippen molar-refractivity contribution >= 4 is 29.1 Å². The molecule has 2 heteroatoms. The van der Waals surface area contributed by atoms with Gasteiger partial charge in [-0.1, -0.05) is 31.2 Å². The van der Waals surface area contributed by atoms with E-state index in [1.807, 2.05) is 0 Å². The molecule has 1 aromatic rings. The second kappa shape index (κ2) is 5.11. The van der Waals surface area contributed by atoms with E-state index in [0.717, 1.165) is 5.92 Å². The zero-order valence-electron chi connectivity index (χ0n) is 10.2. The van der Waals surface area contributed by atoms with Gasteiger partial charge in [-0.25, -0.2) is 0 Å². The molecule has 17 heavy (non-hydrogen) atoms. The summed E-state index contributed by atoms with van der Waals surface area (Å²) in [5, 5.41) is 0. The molecule has 1 heterocycles. The molecule has 0 N–H and O–H groups in total. The zero-order chi connectivity index (χ0) is 11.7. The topological polar surface area (TPSA) is 0 Å². The van der Waals surface area contributed by atoms with Crippen LogP contribution in [0.15, 0.2) is 28.5 Å². The van der Waals surface area contributed by atoms with E-state index in [9.17, 15) is 0 Å². The van der Waals surface area contributed by atoms with Gasteiger partial charge in [0.05, 0.1) is 0 Å². The van der Waals surface area contributed by atoms with Gasteiger partial charge in [0.15, 0.2) is 0 Å². The van der Waals surface area contributed by atoms with Gasteiger partial charge in [0.1, 0.15) is 0 Å². The van der Waals surface area contributed by atoms with Crippen molar-refractivity contribution in [3.63, 3.8) is 0 Å². The van der Waals surface area contributed by atoms with E-state index in [0.29, 0.717) is 0 Å². The Hall–Kier alpha value is -0.340. The van der Waals surface area contributed by atoms with Crippen molar-refractivity contribution in [3.8, 4) is 0 Å². The van der Waals surface area contributed by atoms with Gasteiger partial charge in [0.25, 0.3) is 0 Å². The Kier molecular flexibility index (Phi) is 3.53. The SMILES string of the molecule is CCC1Cc2ccccc2C1=C1SCCCS1. The fourth-order valence-electron chi connectivity index (χ4n) is 2.76. The van der Waals surface area contributed by atoms with Crippen LogP contribution in [-0.4, -0.2) is 11.5 Å². The van der Waals surface area contributed by atoms with Gasteiger partial charge in [0.2, 0.25) is 0 Å². The summed E-state index contributed by atoms with van der Waals surface area (Å²) in [6.07, 6.45) is 3.89. The van der Waals surface area contributed by atoms with Gasteiger partial charge in [-0.05, 0) is 53.4 Å². The number of fused-ring (bicyclic) bond motifs is 1. The molecule has 90 valence electrons. The van der Waals surface area contributed by atoms with Gasteiger partial charge < -0.3 is 0 Å². The van der Waals surface area contributed by atoms with Gasteiger partial charge in [-0.15, -0.1) is 23.5 Å². The van der Waals surface area contributed by atoms with Crippen LogP contribution in [0.5, 0.6) is 0 Å². The van der Waals surface area contributed by atoms with E-state index in [1.54, 1.807) is 15.4 Å². The molecule has 1 fully saturated rings. The maximum Gasteiger partial charge on any atom is 0.0442 e. The van der Waals surface area contributed by atoms with Gasteiger partial charge >= 0.3 is 0 Å². The van der Waals surface area contributed by atoms with Crippen molar-refractivity contribution in [3.05, 3.63) is 39.6 Å². The van der Waals surface area contributed by atoms with Crippen molar-refractivity contribution in [1.29, 1.82) is 0 Å². The van der Waals surface area contributed by atoms with Crippen LogP contribution in [0.25, 0.3) is 5.57 Å². The number of rotatable bonds is 1. The van der Waals surface area contributed by atoms with Crippen LogP contribution in [0.2, 0.25) is 0 Å². The van der Waals surface area contributed by atoms with Crippen molar-refractivity contribution in [1.82, 2.24) is 0 Å². The first kappa shape index (κ1) is 11.7. The molecule has 0 aromatic heterocycles. The number of hydrogen-bond acceptors (Lipinski definition) is 2. The first-order chi connectivity index (χ1) is 8.40. The summed E-state index contributed by atoms with van der Waals surface area (Å²) in [7, 11) is 0. The molecule has 1 unspecified atom stereocenters. The molecule has 1 aliphatic heterocycles. The molecule has 0 spiro atoms. The Bertz CT molecular complexity index is 440. The first-order valence-electron chi connectivity index (χ1n) is 6.48. The smallest absolute Gasteiger partial charge is 0.0442 e. The third-order valence-corrected chi connectivity index (χ3v) is 6.31. The normalized spacial score (nSPS) is 23.9. The largest absolute Gasteiger partial charge is 0.119 e. The zero-order valence-corrected chi connectivity index (χ0v) is 11.9. The fourth-order valence-corrected chi connectivity index (χ4v) is 5.59. The second-order valence-corrected chi connectivity index (χ2v) is 7.19. The maximum absolute atomic E-state index is 2.33. The van der Waals surface area contributed by atoms with Crippen LogP contribution in [0.4, 0.5) is 0 Å². The molecular weight excluding hydrogens is 244 g/mol. The molecule has 1 aliphatic carbocycles. The Morgan fingerprint density at radius 2 is 1.94 bits per heavy atom. The molecular formula is C15H18S2. The summed E-state index contributed by atoms with van der Waals surface area (Å²) in [6.45, 7) is 2.33. The van der Waals surface area contributed by atoms with Gasteiger partial charge in [-0.3, -0.25) is 0 Å². The molecule has 1 aromatic carbocycles. The Morgan fingerprint density at radius 1 is 1.18 bits per heavy atom.